The SMILES string of the molecule is COc1ccc(-c2nc(CCC(=O)c3ncccc3C)co2)cc1OCC1CC1. The second-order valence-corrected chi connectivity index (χ2v) is 7.36. The summed E-state index contributed by atoms with van der Waals surface area (Å²) in [6.45, 7) is 2.59. The first-order valence-corrected chi connectivity index (χ1v) is 9.84. The van der Waals surface area contributed by atoms with Crippen LogP contribution in [0.1, 0.15) is 41.0 Å². The Morgan fingerprint density at radius 2 is 2.10 bits per heavy atom. The molecule has 2 aromatic heterocycles. The Bertz CT molecular complexity index is 1010. The topological polar surface area (TPSA) is 74.5 Å². The fraction of sp³-hybridized carbons (Fsp3) is 0.348. The molecule has 0 radical (unpaired) electrons. The predicted octanol–water partition coefficient (Wildman–Crippen LogP) is 4.66. The first kappa shape index (κ1) is 19.2. The molecule has 0 atom stereocenters. The number of benzene rings is 1. The van der Waals surface area contributed by atoms with Gasteiger partial charge in [0.1, 0.15) is 12.0 Å². The number of nitrogens with zero attached hydrogens (tertiary/aromatic N) is 2. The number of hydrogen-bond donors (Lipinski definition) is 0. The lowest BCUT2D eigenvalue weighted by Crippen LogP contribution is -2.06. The van der Waals surface area contributed by atoms with Crippen LogP contribution in [0.4, 0.5) is 0 Å². The molecule has 0 unspecified atom stereocenters. The maximum atomic E-state index is 12.4. The molecule has 1 saturated carbocycles. The third-order valence-electron chi connectivity index (χ3n) is 5.02. The Morgan fingerprint density at radius 1 is 1.24 bits per heavy atom. The van der Waals surface area contributed by atoms with E-state index in [4.69, 9.17) is 13.9 Å². The number of ketones is 1. The normalized spacial score (nSPS) is 13.3. The monoisotopic (exact) mass is 392 g/mol. The van der Waals surface area contributed by atoms with Gasteiger partial charge in [-0.3, -0.25) is 9.78 Å². The van der Waals surface area contributed by atoms with Crippen molar-refractivity contribution >= 4 is 5.78 Å². The molecule has 1 fully saturated rings. The highest BCUT2D eigenvalue weighted by Gasteiger charge is 2.23. The fourth-order valence-electron chi connectivity index (χ4n) is 3.11. The van der Waals surface area contributed by atoms with E-state index < -0.39 is 0 Å². The molecule has 150 valence electrons. The third-order valence-corrected chi connectivity index (χ3v) is 5.02. The number of aryl methyl sites for hydroxylation is 2. The molecule has 6 nitrogen and oxygen atoms in total. The van der Waals surface area contributed by atoms with Crippen molar-refractivity contribution in [2.45, 2.75) is 32.6 Å². The van der Waals surface area contributed by atoms with Gasteiger partial charge >= 0.3 is 0 Å². The Kier molecular flexibility index (Phi) is 5.60. The summed E-state index contributed by atoms with van der Waals surface area (Å²) in [5, 5.41) is 0. The summed E-state index contributed by atoms with van der Waals surface area (Å²) < 4.78 is 16.9. The number of rotatable bonds is 9. The van der Waals surface area contributed by atoms with E-state index in [-0.39, 0.29) is 5.78 Å². The van der Waals surface area contributed by atoms with Crippen molar-refractivity contribution in [3.8, 4) is 23.0 Å². The smallest absolute Gasteiger partial charge is 0.226 e. The lowest BCUT2D eigenvalue weighted by Gasteiger charge is -2.11. The van der Waals surface area contributed by atoms with Gasteiger partial charge in [-0.15, -0.1) is 0 Å². The highest BCUT2D eigenvalue weighted by atomic mass is 16.5. The number of carbonyl (C=O) groups excluding carboxylic acids is 1. The van der Waals surface area contributed by atoms with Crippen molar-refractivity contribution in [3.05, 3.63) is 59.7 Å². The van der Waals surface area contributed by atoms with Gasteiger partial charge < -0.3 is 13.9 Å². The van der Waals surface area contributed by atoms with Crippen LogP contribution in [0.25, 0.3) is 11.5 Å². The molecule has 2 heterocycles. The van der Waals surface area contributed by atoms with E-state index >= 15 is 0 Å². The Balaban J connectivity index is 1.43. The molecule has 0 aliphatic heterocycles. The second-order valence-electron chi connectivity index (χ2n) is 7.36. The lowest BCUT2D eigenvalue weighted by molar-refractivity contribution is 0.0977. The van der Waals surface area contributed by atoms with Gasteiger partial charge in [-0.25, -0.2) is 4.98 Å². The van der Waals surface area contributed by atoms with E-state index in [0.29, 0.717) is 48.5 Å². The van der Waals surface area contributed by atoms with Crippen molar-refractivity contribution < 1.29 is 18.7 Å². The van der Waals surface area contributed by atoms with Crippen LogP contribution in [-0.2, 0) is 6.42 Å². The summed E-state index contributed by atoms with van der Waals surface area (Å²) in [6.07, 6.45) is 6.52. The molecule has 0 saturated heterocycles. The summed E-state index contributed by atoms with van der Waals surface area (Å²) in [5.41, 5.74) is 2.95. The minimum absolute atomic E-state index is 0.00728. The number of aromatic nitrogens is 2. The number of hydrogen-bond acceptors (Lipinski definition) is 6. The molecule has 1 aliphatic rings. The summed E-state index contributed by atoms with van der Waals surface area (Å²) >= 11 is 0. The minimum Gasteiger partial charge on any atom is -0.493 e. The number of Topliss-reactive ketones (excluding diaryl/α,β-unsaturated/α-hetero) is 1. The van der Waals surface area contributed by atoms with Crippen LogP contribution in [0.2, 0.25) is 0 Å². The molecule has 0 amide bonds. The molecule has 6 heteroatoms. The maximum Gasteiger partial charge on any atom is 0.226 e. The molecule has 4 rings (SSSR count). The van der Waals surface area contributed by atoms with Crippen LogP contribution < -0.4 is 9.47 Å². The van der Waals surface area contributed by atoms with E-state index in [1.165, 1.54) is 12.8 Å². The van der Waals surface area contributed by atoms with Gasteiger partial charge in [-0.2, -0.15) is 0 Å². The predicted molar refractivity (Wildman–Crippen MR) is 108 cm³/mol. The Labute approximate surface area is 169 Å². The Hall–Kier alpha value is -3.15. The summed E-state index contributed by atoms with van der Waals surface area (Å²) in [5.74, 6) is 2.54. The molecule has 1 aromatic carbocycles. The first-order chi connectivity index (χ1) is 14.1. The van der Waals surface area contributed by atoms with Crippen molar-refractivity contribution in [2.24, 2.45) is 5.92 Å². The van der Waals surface area contributed by atoms with Gasteiger partial charge in [-0.1, -0.05) is 6.07 Å². The molecule has 1 aliphatic carbocycles. The third kappa shape index (κ3) is 4.65. The van der Waals surface area contributed by atoms with Crippen LogP contribution in [0.15, 0.2) is 47.2 Å². The van der Waals surface area contributed by atoms with E-state index in [1.54, 1.807) is 19.6 Å². The van der Waals surface area contributed by atoms with Gasteiger partial charge in [0.15, 0.2) is 17.3 Å². The summed E-state index contributed by atoms with van der Waals surface area (Å²) in [4.78, 5) is 21.1. The van der Waals surface area contributed by atoms with Gasteiger partial charge in [-0.05, 0) is 55.5 Å². The zero-order valence-corrected chi connectivity index (χ0v) is 16.7. The highest BCUT2D eigenvalue weighted by molar-refractivity contribution is 5.95. The van der Waals surface area contributed by atoms with E-state index in [1.807, 2.05) is 37.3 Å². The number of carbonyl (C=O) groups is 1. The molecule has 29 heavy (non-hydrogen) atoms. The number of oxazole rings is 1. The van der Waals surface area contributed by atoms with E-state index in [0.717, 1.165) is 16.8 Å². The van der Waals surface area contributed by atoms with Crippen LogP contribution in [0.5, 0.6) is 11.5 Å². The molecular weight excluding hydrogens is 368 g/mol. The van der Waals surface area contributed by atoms with Crippen LogP contribution in [0.3, 0.4) is 0 Å². The average Bonchev–Trinajstić information content (AvgIpc) is 3.45. The number of ether oxygens (including phenoxy) is 2. The highest BCUT2D eigenvalue weighted by Crippen LogP contribution is 2.35. The van der Waals surface area contributed by atoms with Crippen LogP contribution in [-0.4, -0.2) is 29.5 Å². The zero-order valence-electron chi connectivity index (χ0n) is 16.7. The second kappa shape index (κ2) is 8.47. The maximum absolute atomic E-state index is 12.4. The van der Waals surface area contributed by atoms with Gasteiger partial charge in [0.2, 0.25) is 5.89 Å². The zero-order chi connectivity index (χ0) is 20.2. The van der Waals surface area contributed by atoms with Gasteiger partial charge in [0.05, 0.1) is 19.4 Å². The summed E-state index contributed by atoms with van der Waals surface area (Å²) in [6, 6.07) is 9.35. The van der Waals surface area contributed by atoms with E-state index in [9.17, 15) is 4.79 Å². The fourth-order valence-corrected chi connectivity index (χ4v) is 3.11. The number of methoxy groups -OCH3 is 1. The van der Waals surface area contributed by atoms with Crippen molar-refractivity contribution in [2.75, 3.05) is 13.7 Å². The van der Waals surface area contributed by atoms with Crippen LogP contribution >= 0.6 is 0 Å². The Morgan fingerprint density at radius 3 is 2.86 bits per heavy atom. The molecule has 3 aromatic rings. The molecule has 0 bridgehead atoms. The summed E-state index contributed by atoms with van der Waals surface area (Å²) in [7, 11) is 1.63. The largest absolute Gasteiger partial charge is 0.493 e. The van der Waals surface area contributed by atoms with Gasteiger partial charge in [0.25, 0.3) is 0 Å². The minimum atomic E-state index is 0.00728. The standard InChI is InChI=1S/C23H24N2O4/c1-15-4-3-11-24-22(15)19(26)9-8-18-14-29-23(25-18)17-7-10-20(27-2)21(12-17)28-13-16-5-6-16/h3-4,7,10-12,14,16H,5-6,8-9,13H2,1-2H3. The average molecular weight is 392 g/mol. The first-order valence-electron chi connectivity index (χ1n) is 9.84. The molecule has 0 spiro atoms. The molecule has 0 N–H and O–H groups in total. The van der Waals surface area contributed by atoms with Crippen molar-refractivity contribution in [1.29, 1.82) is 0 Å². The van der Waals surface area contributed by atoms with Gasteiger partial charge in [0, 0.05) is 24.6 Å². The van der Waals surface area contributed by atoms with E-state index in [2.05, 4.69) is 9.97 Å². The van der Waals surface area contributed by atoms with Crippen LogP contribution in [0, 0.1) is 12.8 Å². The number of pyridine rings is 1. The van der Waals surface area contributed by atoms with Crippen molar-refractivity contribution in [3.63, 3.8) is 0 Å². The van der Waals surface area contributed by atoms with Crippen molar-refractivity contribution in [1.82, 2.24) is 9.97 Å². The quantitative estimate of drug-likeness (QED) is 0.493. The molecular formula is C23H24N2O4. The lowest BCUT2D eigenvalue weighted by atomic mass is 10.1.